The van der Waals surface area contributed by atoms with Gasteiger partial charge in [-0.3, -0.25) is 9.78 Å². The minimum atomic E-state index is -0.272. The number of allylic oxidation sites excluding steroid dienone is 1. The van der Waals surface area contributed by atoms with Crippen LogP contribution in [-0.2, 0) is 4.79 Å². The molecule has 5 rings (SSSR count). The van der Waals surface area contributed by atoms with Gasteiger partial charge in [0.1, 0.15) is 17.1 Å². The smallest absolute Gasteiger partial charge is 0.223 e. The summed E-state index contributed by atoms with van der Waals surface area (Å²) in [5, 5.41) is 3.55. The van der Waals surface area contributed by atoms with Crippen LogP contribution in [0.25, 0.3) is 22.6 Å². The number of carbonyl (C=O) groups is 1. The molecule has 3 heterocycles. The van der Waals surface area contributed by atoms with Gasteiger partial charge < -0.3 is 20.8 Å². The summed E-state index contributed by atoms with van der Waals surface area (Å²) >= 11 is 3.58. The van der Waals surface area contributed by atoms with E-state index in [9.17, 15) is 4.79 Å². The Bertz CT molecular complexity index is 1140. The lowest BCUT2D eigenvalue weighted by Crippen LogP contribution is -2.41. The first-order chi connectivity index (χ1) is 14.1. The third kappa shape index (κ3) is 2.88. The Hall–Kier alpha value is -2.94. The van der Waals surface area contributed by atoms with Gasteiger partial charge in [-0.05, 0) is 40.3 Å². The number of anilines is 1. The van der Waals surface area contributed by atoms with Crippen LogP contribution in [0.4, 0.5) is 5.69 Å². The predicted octanol–water partition coefficient (Wildman–Crippen LogP) is 2.88. The summed E-state index contributed by atoms with van der Waals surface area (Å²) in [6.45, 7) is 0. The number of nitrogens with zero attached hydrogens (tertiary/aromatic N) is 3. The van der Waals surface area contributed by atoms with Crippen LogP contribution in [-0.4, -0.2) is 39.0 Å². The van der Waals surface area contributed by atoms with Gasteiger partial charge in [-0.2, -0.15) is 0 Å². The fourth-order valence-corrected chi connectivity index (χ4v) is 4.93. The minimum Gasteiger partial charge on any atom is -0.496 e. The number of nitrogens with two attached hydrogens (primary N) is 1. The zero-order chi connectivity index (χ0) is 20.1. The lowest BCUT2D eigenvalue weighted by Gasteiger charge is -2.28. The number of fused-ring (bicyclic) bond motifs is 3. The highest BCUT2D eigenvalue weighted by atomic mass is 79.9. The Kier molecular flexibility index (Phi) is 4.27. The molecule has 148 valence electrons. The van der Waals surface area contributed by atoms with Crippen LogP contribution >= 0.6 is 15.9 Å². The number of ether oxygens (including phenoxy) is 1. The molecule has 0 radical (unpaired) electrons. The molecule has 0 unspecified atom stereocenters. The van der Waals surface area contributed by atoms with E-state index in [0.717, 1.165) is 27.7 Å². The van der Waals surface area contributed by atoms with E-state index in [4.69, 9.17) is 10.5 Å². The first-order valence-corrected chi connectivity index (χ1v) is 10.1. The van der Waals surface area contributed by atoms with Crippen molar-refractivity contribution in [3.63, 3.8) is 0 Å². The number of H-pyrrole nitrogens is 1. The molecule has 0 saturated heterocycles. The Balaban J connectivity index is 1.58. The normalized spacial score (nSPS) is 24.9. The van der Waals surface area contributed by atoms with Gasteiger partial charge in [0.2, 0.25) is 5.91 Å². The maximum atomic E-state index is 12.1. The summed E-state index contributed by atoms with van der Waals surface area (Å²) in [7, 11) is 1.61. The van der Waals surface area contributed by atoms with Gasteiger partial charge in [0.05, 0.1) is 28.8 Å². The maximum Gasteiger partial charge on any atom is 0.223 e. The maximum absolute atomic E-state index is 12.1. The lowest BCUT2D eigenvalue weighted by molar-refractivity contribution is -0.122. The summed E-state index contributed by atoms with van der Waals surface area (Å²) in [4.78, 5) is 28.6. The summed E-state index contributed by atoms with van der Waals surface area (Å²) in [6, 6.07) is 1.72. The molecule has 3 aromatic rings. The summed E-state index contributed by atoms with van der Waals surface area (Å²) < 4.78 is 6.21. The van der Waals surface area contributed by atoms with Gasteiger partial charge in [0, 0.05) is 24.6 Å². The fraction of sp³-hybridized carbons (Fsp3) is 0.300. The standard InChI is InChI=1S/C20H19BrN6O2/c1-29-13-4-5-23-7-11(13)19-26-17-16(12(21)8-24-20(17)27-19)25-15-10-3-2-9(6-10)14(15)18(22)28/h2-5,7-10,14-15H,6H2,1H3,(H2,22,28)(H2,24,25,26,27)/t9-,10+,14+,15-/m1/s1. The van der Waals surface area contributed by atoms with Crippen molar-refractivity contribution < 1.29 is 9.53 Å². The third-order valence-electron chi connectivity index (χ3n) is 5.83. The first-order valence-electron chi connectivity index (χ1n) is 9.33. The Morgan fingerprint density at radius 3 is 2.97 bits per heavy atom. The van der Waals surface area contributed by atoms with Crippen LogP contribution in [0.2, 0.25) is 0 Å². The van der Waals surface area contributed by atoms with Crippen molar-refractivity contribution >= 4 is 38.7 Å². The number of rotatable bonds is 5. The monoisotopic (exact) mass is 454 g/mol. The number of aromatic nitrogens is 4. The first kappa shape index (κ1) is 18.1. The molecular formula is C20H19BrN6O2. The van der Waals surface area contributed by atoms with E-state index in [0.29, 0.717) is 17.2 Å². The molecule has 29 heavy (non-hydrogen) atoms. The molecule has 1 saturated carbocycles. The Morgan fingerprint density at radius 1 is 1.34 bits per heavy atom. The second-order valence-electron chi connectivity index (χ2n) is 7.39. The molecule has 2 aliphatic rings. The second-order valence-corrected chi connectivity index (χ2v) is 8.24. The highest BCUT2D eigenvalue weighted by Crippen LogP contribution is 2.46. The molecule has 1 fully saturated rings. The number of pyridine rings is 2. The van der Waals surface area contributed by atoms with E-state index in [-0.39, 0.29) is 29.7 Å². The van der Waals surface area contributed by atoms with Gasteiger partial charge >= 0.3 is 0 Å². The quantitative estimate of drug-likeness (QED) is 0.509. The van der Waals surface area contributed by atoms with Gasteiger partial charge in [-0.1, -0.05) is 12.2 Å². The number of nitrogens with one attached hydrogen (secondary N) is 2. The predicted molar refractivity (Wildman–Crippen MR) is 112 cm³/mol. The highest BCUT2D eigenvalue weighted by Gasteiger charge is 2.47. The molecular weight excluding hydrogens is 436 g/mol. The van der Waals surface area contributed by atoms with Crippen molar-refractivity contribution in [2.75, 3.05) is 12.4 Å². The molecule has 0 spiro atoms. The van der Waals surface area contributed by atoms with E-state index in [1.165, 1.54) is 0 Å². The number of carbonyl (C=O) groups excluding carboxylic acids is 1. The van der Waals surface area contributed by atoms with Crippen molar-refractivity contribution in [2.45, 2.75) is 12.5 Å². The zero-order valence-electron chi connectivity index (χ0n) is 15.6. The van der Waals surface area contributed by atoms with Crippen LogP contribution in [0.5, 0.6) is 5.75 Å². The van der Waals surface area contributed by atoms with Crippen molar-refractivity contribution in [2.24, 2.45) is 23.5 Å². The van der Waals surface area contributed by atoms with Gasteiger partial charge in [-0.15, -0.1) is 0 Å². The summed E-state index contributed by atoms with van der Waals surface area (Å²) in [5.74, 6) is 1.24. The zero-order valence-corrected chi connectivity index (χ0v) is 17.2. The lowest BCUT2D eigenvalue weighted by atomic mass is 9.88. The Morgan fingerprint density at radius 2 is 2.17 bits per heavy atom. The molecule has 2 bridgehead atoms. The number of hydrogen-bond donors (Lipinski definition) is 3. The number of imidazole rings is 1. The summed E-state index contributed by atoms with van der Waals surface area (Å²) in [5.41, 5.74) is 8.58. The second kappa shape index (κ2) is 6.84. The average Bonchev–Trinajstić information content (AvgIpc) is 3.44. The average molecular weight is 455 g/mol. The number of aromatic amines is 1. The highest BCUT2D eigenvalue weighted by molar-refractivity contribution is 9.10. The van der Waals surface area contributed by atoms with Crippen molar-refractivity contribution in [3.8, 4) is 17.1 Å². The molecule has 2 aliphatic carbocycles. The van der Waals surface area contributed by atoms with Crippen LogP contribution < -0.4 is 15.8 Å². The number of halogens is 1. The van der Waals surface area contributed by atoms with Crippen molar-refractivity contribution in [1.29, 1.82) is 0 Å². The van der Waals surface area contributed by atoms with E-state index >= 15 is 0 Å². The van der Waals surface area contributed by atoms with Gasteiger partial charge in [-0.25, -0.2) is 9.97 Å². The van der Waals surface area contributed by atoms with Crippen molar-refractivity contribution in [3.05, 3.63) is 41.3 Å². The fourth-order valence-electron chi connectivity index (χ4n) is 4.51. The van der Waals surface area contributed by atoms with Crippen LogP contribution in [0.1, 0.15) is 6.42 Å². The third-order valence-corrected chi connectivity index (χ3v) is 6.43. The minimum absolute atomic E-state index is 0.0657. The van der Waals surface area contributed by atoms with Gasteiger partial charge in [0.15, 0.2) is 5.65 Å². The molecule has 9 heteroatoms. The van der Waals surface area contributed by atoms with Gasteiger partial charge in [0.25, 0.3) is 0 Å². The van der Waals surface area contributed by atoms with E-state index in [1.807, 2.05) is 0 Å². The number of amides is 1. The van der Waals surface area contributed by atoms with Crippen molar-refractivity contribution in [1.82, 2.24) is 19.9 Å². The van der Waals surface area contributed by atoms with E-state index < -0.39 is 0 Å². The molecule has 1 amide bonds. The number of primary amides is 1. The number of hydrogen-bond acceptors (Lipinski definition) is 6. The molecule has 8 nitrogen and oxygen atoms in total. The topological polar surface area (TPSA) is 119 Å². The SMILES string of the molecule is COc1ccncc1-c1nc2ncc(Br)c(N[C@H]3[C@@H](C(N)=O)[C@@H]4C=C[C@H]3C4)c2[nH]1. The summed E-state index contributed by atoms with van der Waals surface area (Å²) in [6.07, 6.45) is 10.3. The molecule has 0 aromatic carbocycles. The largest absolute Gasteiger partial charge is 0.496 e. The van der Waals surface area contributed by atoms with E-state index in [1.54, 1.807) is 31.8 Å². The van der Waals surface area contributed by atoms with Crippen LogP contribution in [0, 0.1) is 17.8 Å². The molecule has 3 aromatic heterocycles. The molecule has 0 aliphatic heterocycles. The van der Waals surface area contributed by atoms with E-state index in [2.05, 4.69) is 53.3 Å². The van der Waals surface area contributed by atoms with Crippen LogP contribution in [0.15, 0.2) is 41.3 Å². The van der Waals surface area contributed by atoms with Crippen LogP contribution in [0.3, 0.4) is 0 Å². The Labute approximate surface area is 175 Å². The molecule has 4 N–H and O–H groups in total. The number of methoxy groups -OCH3 is 1. The molecule has 4 atom stereocenters.